The summed E-state index contributed by atoms with van der Waals surface area (Å²) in [6.45, 7) is 2.25. The zero-order valence-corrected chi connectivity index (χ0v) is 16.8. The van der Waals surface area contributed by atoms with Gasteiger partial charge < -0.3 is 19.5 Å². The van der Waals surface area contributed by atoms with Crippen LogP contribution in [-0.4, -0.2) is 49.7 Å². The topological polar surface area (TPSA) is 59.0 Å². The van der Waals surface area contributed by atoms with Gasteiger partial charge in [0, 0.05) is 25.9 Å². The number of nitrogens with zero attached hydrogens (tertiary/aromatic N) is 1. The Kier molecular flexibility index (Phi) is 6.27. The molecule has 8 heteroatoms. The number of amides is 1. The van der Waals surface area contributed by atoms with Gasteiger partial charge >= 0.3 is 6.18 Å². The molecule has 0 aromatic heterocycles. The molecule has 162 valence electrons. The number of hydrogen-bond donors (Lipinski definition) is 1. The third-order valence-corrected chi connectivity index (χ3v) is 6.20. The number of hydrogen-bond acceptors (Lipinski definition) is 4. The lowest BCUT2D eigenvalue weighted by Gasteiger charge is -2.40. The third kappa shape index (κ3) is 4.44. The lowest BCUT2D eigenvalue weighted by molar-refractivity contribution is -0.222. The molecule has 1 atom stereocenters. The van der Waals surface area contributed by atoms with Crippen molar-refractivity contribution in [2.24, 2.45) is 5.41 Å². The summed E-state index contributed by atoms with van der Waals surface area (Å²) in [5.74, 6) is -0.0121. The van der Waals surface area contributed by atoms with E-state index in [9.17, 15) is 23.1 Å². The van der Waals surface area contributed by atoms with Gasteiger partial charge in [-0.1, -0.05) is 12.1 Å². The molecule has 29 heavy (non-hydrogen) atoms. The highest BCUT2D eigenvalue weighted by atomic mass is 19.4. The molecule has 1 aliphatic heterocycles. The Bertz CT molecular complexity index is 712. The number of methoxy groups -OCH3 is 1. The van der Waals surface area contributed by atoms with E-state index in [4.69, 9.17) is 9.47 Å². The van der Waals surface area contributed by atoms with Gasteiger partial charge in [-0.3, -0.25) is 4.79 Å². The smallest absolute Gasteiger partial charge is 0.387 e. The Morgan fingerprint density at radius 1 is 1.14 bits per heavy atom. The first-order chi connectivity index (χ1) is 13.6. The summed E-state index contributed by atoms with van der Waals surface area (Å²) in [6.07, 6.45) is -3.62. The van der Waals surface area contributed by atoms with Crippen LogP contribution in [0.3, 0.4) is 0 Å². The van der Waals surface area contributed by atoms with E-state index in [0.717, 1.165) is 0 Å². The summed E-state index contributed by atoms with van der Waals surface area (Å²) in [5.41, 5.74) is -0.780. The Balaban J connectivity index is 1.72. The van der Waals surface area contributed by atoms with Crippen molar-refractivity contribution in [3.8, 4) is 0 Å². The predicted octanol–water partition coefficient (Wildman–Crippen LogP) is 4.00. The van der Waals surface area contributed by atoms with Crippen LogP contribution in [0, 0.1) is 5.41 Å². The van der Waals surface area contributed by atoms with Gasteiger partial charge in [-0.05, 0) is 56.7 Å². The Morgan fingerprint density at radius 3 is 2.28 bits per heavy atom. The standard InChI is InChI=1S/C21H28F3NO4/c1-3-29-17(21(22,23)24)15-4-6-16(7-5-15)25-13-12-19(18(25)26)8-10-20(27,11-9-19)14-28-2/h4-7,17,27H,3,8-14H2,1-2H3/t17-,19-,20+/m1/s1. The quantitative estimate of drug-likeness (QED) is 0.763. The second kappa shape index (κ2) is 8.24. The molecule has 1 spiro atoms. The van der Waals surface area contributed by atoms with Crippen molar-refractivity contribution in [1.82, 2.24) is 0 Å². The first kappa shape index (κ1) is 22.1. The van der Waals surface area contributed by atoms with Crippen molar-refractivity contribution in [3.63, 3.8) is 0 Å². The van der Waals surface area contributed by atoms with Crippen LogP contribution in [0.15, 0.2) is 24.3 Å². The highest BCUT2D eigenvalue weighted by molar-refractivity contribution is 6.00. The van der Waals surface area contributed by atoms with Gasteiger partial charge in [0.05, 0.1) is 17.6 Å². The van der Waals surface area contributed by atoms with Crippen LogP contribution in [0.2, 0.25) is 0 Å². The molecule has 0 radical (unpaired) electrons. The summed E-state index contributed by atoms with van der Waals surface area (Å²) >= 11 is 0. The van der Waals surface area contributed by atoms with Gasteiger partial charge in [0.15, 0.2) is 6.10 Å². The van der Waals surface area contributed by atoms with Crippen molar-refractivity contribution in [1.29, 1.82) is 0 Å². The Morgan fingerprint density at radius 2 is 1.76 bits per heavy atom. The number of benzene rings is 1. The summed E-state index contributed by atoms with van der Waals surface area (Å²) in [7, 11) is 1.54. The van der Waals surface area contributed by atoms with E-state index in [1.807, 2.05) is 0 Å². The summed E-state index contributed by atoms with van der Waals surface area (Å²) in [6, 6.07) is 5.85. The Hall–Kier alpha value is -1.64. The van der Waals surface area contributed by atoms with Crippen LogP contribution in [0.25, 0.3) is 0 Å². The van der Waals surface area contributed by atoms with Gasteiger partial charge in [-0.15, -0.1) is 0 Å². The fraction of sp³-hybridized carbons (Fsp3) is 0.667. The number of halogens is 3. The van der Waals surface area contributed by atoms with E-state index < -0.39 is 23.3 Å². The lowest BCUT2D eigenvalue weighted by Crippen LogP contribution is -2.45. The molecule has 1 aromatic carbocycles. The fourth-order valence-corrected chi connectivity index (χ4v) is 4.51. The van der Waals surface area contributed by atoms with Gasteiger partial charge in [0.25, 0.3) is 0 Å². The van der Waals surface area contributed by atoms with Gasteiger partial charge in [-0.25, -0.2) is 0 Å². The van der Waals surface area contributed by atoms with Crippen LogP contribution >= 0.6 is 0 Å². The monoisotopic (exact) mass is 415 g/mol. The molecule has 1 N–H and O–H groups in total. The fourth-order valence-electron chi connectivity index (χ4n) is 4.51. The van der Waals surface area contributed by atoms with Crippen molar-refractivity contribution in [2.75, 3.05) is 31.8 Å². The molecule has 1 aromatic rings. The zero-order chi connectivity index (χ0) is 21.3. The highest BCUT2D eigenvalue weighted by Crippen LogP contribution is 2.48. The van der Waals surface area contributed by atoms with E-state index in [1.54, 1.807) is 24.1 Å². The maximum absolute atomic E-state index is 13.2. The molecule has 2 aliphatic rings. The minimum Gasteiger partial charge on any atom is -0.387 e. The molecular formula is C21H28F3NO4. The van der Waals surface area contributed by atoms with E-state index in [2.05, 4.69) is 0 Å². The molecule has 3 rings (SSSR count). The van der Waals surface area contributed by atoms with Crippen molar-refractivity contribution in [3.05, 3.63) is 29.8 Å². The largest absolute Gasteiger partial charge is 0.418 e. The van der Waals surface area contributed by atoms with Crippen LogP contribution in [0.5, 0.6) is 0 Å². The number of ether oxygens (including phenoxy) is 2. The van der Waals surface area contributed by atoms with Gasteiger partial charge in [-0.2, -0.15) is 13.2 Å². The van der Waals surface area contributed by atoms with E-state index in [-0.39, 0.29) is 24.7 Å². The van der Waals surface area contributed by atoms with Crippen molar-refractivity contribution < 1.29 is 32.5 Å². The Labute approximate surface area is 168 Å². The molecule has 1 saturated carbocycles. The molecular weight excluding hydrogens is 387 g/mol. The van der Waals surface area contributed by atoms with Crippen molar-refractivity contribution >= 4 is 11.6 Å². The van der Waals surface area contributed by atoms with Crippen LogP contribution in [-0.2, 0) is 14.3 Å². The average Bonchev–Trinajstić information content (AvgIpc) is 2.99. The zero-order valence-electron chi connectivity index (χ0n) is 16.8. The SMILES string of the molecule is CCO[C@H](c1ccc(N2CC[C@]3(CC[C@@](O)(COC)CC3)C2=O)cc1)C(F)(F)F. The molecule has 0 unspecified atom stereocenters. The molecule has 1 heterocycles. The summed E-state index contributed by atoms with van der Waals surface area (Å²) in [4.78, 5) is 14.8. The van der Waals surface area contributed by atoms with Gasteiger partial charge in [0.1, 0.15) is 0 Å². The number of aliphatic hydroxyl groups is 1. The lowest BCUT2D eigenvalue weighted by atomic mass is 9.68. The minimum absolute atomic E-state index is 0.0121. The molecule has 5 nitrogen and oxygen atoms in total. The predicted molar refractivity (Wildman–Crippen MR) is 102 cm³/mol. The second-order valence-electron chi connectivity index (χ2n) is 8.11. The van der Waals surface area contributed by atoms with Crippen LogP contribution in [0.1, 0.15) is 50.7 Å². The number of anilines is 1. The number of carbonyl (C=O) groups excluding carboxylic acids is 1. The number of carbonyl (C=O) groups is 1. The molecule has 0 bridgehead atoms. The summed E-state index contributed by atoms with van der Waals surface area (Å²) < 4.78 is 49.5. The maximum atomic E-state index is 13.2. The first-order valence-corrected chi connectivity index (χ1v) is 9.96. The average molecular weight is 415 g/mol. The minimum atomic E-state index is -4.49. The first-order valence-electron chi connectivity index (χ1n) is 9.96. The van der Waals surface area contributed by atoms with Crippen molar-refractivity contribution in [2.45, 2.75) is 56.9 Å². The van der Waals surface area contributed by atoms with E-state index >= 15 is 0 Å². The highest BCUT2D eigenvalue weighted by Gasteiger charge is 2.51. The van der Waals surface area contributed by atoms with Crippen LogP contribution < -0.4 is 4.90 Å². The van der Waals surface area contributed by atoms with Crippen LogP contribution in [0.4, 0.5) is 18.9 Å². The number of alkyl halides is 3. The van der Waals surface area contributed by atoms with E-state index in [0.29, 0.717) is 44.3 Å². The molecule has 1 saturated heterocycles. The second-order valence-corrected chi connectivity index (χ2v) is 8.11. The molecule has 1 amide bonds. The van der Waals surface area contributed by atoms with Gasteiger partial charge in [0.2, 0.25) is 5.91 Å². The van der Waals surface area contributed by atoms with E-state index in [1.165, 1.54) is 19.1 Å². The maximum Gasteiger partial charge on any atom is 0.418 e. The summed E-state index contributed by atoms with van der Waals surface area (Å²) in [5, 5.41) is 10.5. The third-order valence-electron chi connectivity index (χ3n) is 6.20. The normalized spacial score (nSPS) is 28.9. The molecule has 2 fully saturated rings. The molecule has 1 aliphatic carbocycles. The number of rotatable bonds is 6.